The lowest BCUT2D eigenvalue weighted by Crippen LogP contribution is -2.16. The van der Waals surface area contributed by atoms with Gasteiger partial charge in [0.25, 0.3) is 0 Å². The molecule has 0 spiro atoms. The molecule has 2 heterocycles. The first-order valence-electron chi connectivity index (χ1n) is 5.86. The summed E-state index contributed by atoms with van der Waals surface area (Å²) in [5.74, 6) is -0.280. The summed E-state index contributed by atoms with van der Waals surface area (Å²) in [6, 6.07) is 3.84. The molecule has 18 heavy (non-hydrogen) atoms. The lowest BCUT2D eigenvalue weighted by atomic mass is 9.96. The van der Waals surface area contributed by atoms with E-state index in [1.165, 1.54) is 11.3 Å². The van der Waals surface area contributed by atoms with Gasteiger partial charge in [-0.15, -0.1) is 11.3 Å². The molecule has 3 rings (SSSR count). The van der Waals surface area contributed by atoms with Crippen molar-refractivity contribution in [1.82, 2.24) is 10.1 Å². The number of rotatable bonds is 3. The molecule has 0 saturated heterocycles. The maximum atomic E-state index is 11.1. The van der Waals surface area contributed by atoms with Crippen molar-refractivity contribution in [2.75, 3.05) is 0 Å². The van der Waals surface area contributed by atoms with E-state index in [-0.39, 0.29) is 11.8 Å². The van der Waals surface area contributed by atoms with Gasteiger partial charge < -0.3 is 9.63 Å². The van der Waals surface area contributed by atoms with Crippen LogP contribution in [0.2, 0.25) is 0 Å². The molecule has 2 atom stereocenters. The zero-order chi connectivity index (χ0) is 12.5. The van der Waals surface area contributed by atoms with E-state index in [4.69, 9.17) is 9.63 Å². The number of carboxylic acids is 1. The van der Waals surface area contributed by atoms with Crippen LogP contribution in [0.4, 0.5) is 0 Å². The van der Waals surface area contributed by atoms with Crippen molar-refractivity contribution in [3.8, 4) is 10.7 Å². The van der Waals surface area contributed by atoms with Gasteiger partial charge in [0, 0.05) is 0 Å². The second-order valence-corrected chi connectivity index (χ2v) is 5.36. The number of carboxylic acid groups (broad SMARTS) is 1. The number of carbonyl (C=O) groups is 1. The van der Waals surface area contributed by atoms with Crippen LogP contribution in [0.3, 0.4) is 0 Å². The first-order chi connectivity index (χ1) is 8.75. The summed E-state index contributed by atoms with van der Waals surface area (Å²) in [7, 11) is 0. The Bertz CT molecular complexity index is 549. The Balaban J connectivity index is 1.87. The van der Waals surface area contributed by atoms with E-state index >= 15 is 0 Å². The van der Waals surface area contributed by atoms with Gasteiger partial charge in [0.1, 0.15) is 0 Å². The van der Waals surface area contributed by atoms with Gasteiger partial charge in [-0.05, 0) is 24.3 Å². The topological polar surface area (TPSA) is 76.2 Å². The SMILES string of the molecule is O=C(O)C1CCCC1c1nc(-c2cccs2)no1. The van der Waals surface area contributed by atoms with E-state index in [9.17, 15) is 4.79 Å². The third-order valence-corrected chi connectivity index (χ3v) is 4.20. The highest BCUT2D eigenvalue weighted by Gasteiger charge is 2.37. The predicted octanol–water partition coefficient (Wildman–Crippen LogP) is 2.77. The molecule has 0 radical (unpaired) electrons. The molecule has 6 heteroatoms. The molecule has 1 aliphatic carbocycles. The van der Waals surface area contributed by atoms with E-state index < -0.39 is 5.97 Å². The molecule has 2 aromatic rings. The van der Waals surface area contributed by atoms with Gasteiger partial charge in [-0.25, -0.2) is 0 Å². The van der Waals surface area contributed by atoms with Crippen LogP contribution in [0.15, 0.2) is 22.0 Å². The molecule has 1 fully saturated rings. The fourth-order valence-corrected chi connectivity index (χ4v) is 3.09. The third kappa shape index (κ3) is 1.92. The first-order valence-corrected chi connectivity index (χ1v) is 6.74. The summed E-state index contributed by atoms with van der Waals surface area (Å²) in [5.41, 5.74) is 0. The Kier molecular flexibility index (Phi) is 2.87. The lowest BCUT2D eigenvalue weighted by molar-refractivity contribution is -0.142. The molecular weight excluding hydrogens is 252 g/mol. The van der Waals surface area contributed by atoms with Crippen LogP contribution in [0.5, 0.6) is 0 Å². The molecule has 1 aliphatic rings. The summed E-state index contributed by atoms with van der Waals surface area (Å²) < 4.78 is 5.24. The molecule has 2 aromatic heterocycles. The van der Waals surface area contributed by atoms with E-state index in [0.29, 0.717) is 18.1 Å². The van der Waals surface area contributed by atoms with E-state index in [1.54, 1.807) is 0 Å². The maximum absolute atomic E-state index is 11.1. The summed E-state index contributed by atoms with van der Waals surface area (Å²) in [4.78, 5) is 16.4. The number of aliphatic carboxylic acids is 1. The van der Waals surface area contributed by atoms with Gasteiger partial charge in [-0.1, -0.05) is 17.6 Å². The molecule has 94 valence electrons. The van der Waals surface area contributed by atoms with Crippen molar-refractivity contribution >= 4 is 17.3 Å². The molecule has 1 saturated carbocycles. The highest BCUT2D eigenvalue weighted by atomic mass is 32.1. The number of nitrogens with zero attached hydrogens (tertiary/aromatic N) is 2. The lowest BCUT2D eigenvalue weighted by Gasteiger charge is -2.09. The van der Waals surface area contributed by atoms with E-state index in [1.807, 2.05) is 17.5 Å². The highest BCUT2D eigenvalue weighted by Crippen LogP contribution is 2.39. The molecule has 1 N–H and O–H groups in total. The quantitative estimate of drug-likeness (QED) is 0.922. The van der Waals surface area contributed by atoms with Gasteiger partial charge in [0.15, 0.2) is 0 Å². The molecule has 0 amide bonds. The average molecular weight is 264 g/mol. The Morgan fingerprint density at radius 1 is 1.50 bits per heavy atom. The second-order valence-electron chi connectivity index (χ2n) is 4.42. The smallest absolute Gasteiger partial charge is 0.307 e. The van der Waals surface area contributed by atoms with Crippen molar-refractivity contribution in [3.63, 3.8) is 0 Å². The first kappa shape index (κ1) is 11.4. The minimum absolute atomic E-state index is 0.135. The highest BCUT2D eigenvalue weighted by molar-refractivity contribution is 7.13. The predicted molar refractivity (Wildman–Crippen MR) is 65.3 cm³/mol. The number of hydrogen-bond acceptors (Lipinski definition) is 5. The van der Waals surface area contributed by atoms with E-state index in [0.717, 1.165) is 17.7 Å². The molecular formula is C12H12N2O3S. The zero-order valence-electron chi connectivity index (χ0n) is 9.57. The molecule has 0 bridgehead atoms. The number of hydrogen-bond donors (Lipinski definition) is 1. The largest absolute Gasteiger partial charge is 0.481 e. The summed E-state index contributed by atoms with van der Waals surface area (Å²) in [5, 5.41) is 15.0. The van der Waals surface area contributed by atoms with Crippen LogP contribution in [-0.2, 0) is 4.79 Å². The zero-order valence-corrected chi connectivity index (χ0v) is 10.4. The van der Waals surface area contributed by atoms with Crippen LogP contribution in [0.1, 0.15) is 31.1 Å². The second kappa shape index (κ2) is 4.53. The summed E-state index contributed by atoms with van der Waals surface area (Å²) in [6.45, 7) is 0. The van der Waals surface area contributed by atoms with Gasteiger partial charge in [0.05, 0.1) is 16.7 Å². The number of thiophene rings is 1. The van der Waals surface area contributed by atoms with E-state index in [2.05, 4.69) is 10.1 Å². The monoisotopic (exact) mass is 264 g/mol. The molecule has 0 aliphatic heterocycles. The Hall–Kier alpha value is -1.69. The molecule has 5 nitrogen and oxygen atoms in total. The van der Waals surface area contributed by atoms with Crippen LogP contribution >= 0.6 is 11.3 Å². The van der Waals surface area contributed by atoms with Crippen molar-refractivity contribution in [2.24, 2.45) is 5.92 Å². The van der Waals surface area contributed by atoms with Crippen LogP contribution in [0.25, 0.3) is 10.7 Å². The van der Waals surface area contributed by atoms with Crippen molar-refractivity contribution < 1.29 is 14.4 Å². The summed E-state index contributed by atoms with van der Waals surface area (Å²) in [6.07, 6.45) is 2.40. The van der Waals surface area contributed by atoms with Gasteiger partial charge in [-0.3, -0.25) is 4.79 Å². The van der Waals surface area contributed by atoms with Crippen LogP contribution in [0, 0.1) is 5.92 Å². The molecule has 0 aromatic carbocycles. The van der Waals surface area contributed by atoms with Crippen molar-refractivity contribution in [3.05, 3.63) is 23.4 Å². The fraction of sp³-hybridized carbons (Fsp3) is 0.417. The minimum atomic E-state index is -0.770. The normalized spacial score (nSPS) is 23.3. The fourth-order valence-electron chi connectivity index (χ4n) is 2.44. The average Bonchev–Trinajstić information content (AvgIpc) is 3.10. The minimum Gasteiger partial charge on any atom is -0.481 e. The third-order valence-electron chi connectivity index (χ3n) is 3.33. The maximum Gasteiger partial charge on any atom is 0.307 e. The summed E-state index contributed by atoms with van der Waals surface area (Å²) >= 11 is 1.54. The Morgan fingerprint density at radius 2 is 2.39 bits per heavy atom. The Morgan fingerprint density at radius 3 is 3.11 bits per heavy atom. The molecule has 2 unspecified atom stereocenters. The number of aromatic nitrogens is 2. The van der Waals surface area contributed by atoms with Crippen LogP contribution in [-0.4, -0.2) is 21.2 Å². The van der Waals surface area contributed by atoms with Gasteiger partial charge in [0.2, 0.25) is 11.7 Å². The van der Waals surface area contributed by atoms with Crippen LogP contribution < -0.4 is 0 Å². The van der Waals surface area contributed by atoms with Crippen molar-refractivity contribution in [1.29, 1.82) is 0 Å². The van der Waals surface area contributed by atoms with Gasteiger partial charge in [-0.2, -0.15) is 4.98 Å². The Labute approximate surface area is 107 Å². The van der Waals surface area contributed by atoms with Crippen molar-refractivity contribution in [2.45, 2.75) is 25.2 Å². The van der Waals surface area contributed by atoms with Gasteiger partial charge >= 0.3 is 5.97 Å². The standard InChI is InChI=1S/C12H12N2O3S/c15-12(16)8-4-1-3-7(8)11-13-10(14-17-11)9-5-2-6-18-9/h2,5-8H,1,3-4H2,(H,15,16).